The SMILES string of the molecule is CN1C(=O)c2ccc(C(=O)N3C4CCNCC3CC4)cc2C1=O.Cl. The minimum absolute atomic E-state index is 0. The van der Waals surface area contributed by atoms with E-state index in [1.807, 2.05) is 4.90 Å². The third-order valence-corrected chi connectivity index (χ3v) is 5.23. The molecule has 3 amide bonds. The fourth-order valence-electron chi connectivity index (χ4n) is 3.96. The monoisotopic (exact) mass is 349 g/mol. The van der Waals surface area contributed by atoms with Crippen LogP contribution in [0.15, 0.2) is 18.2 Å². The summed E-state index contributed by atoms with van der Waals surface area (Å²) in [6.07, 6.45) is 3.03. The molecule has 4 rings (SSSR count). The van der Waals surface area contributed by atoms with Crippen molar-refractivity contribution in [1.29, 1.82) is 0 Å². The van der Waals surface area contributed by atoms with Crippen molar-refractivity contribution in [3.63, 3.8) is 0 Å². The first kappa shape index (κ1) is 16.9. The fourth-order valence-corrected chi connectivity index (χ4v) is 3.96. The lowest BCUT2D eigenvalue weighted by Gasteiger charge is -2.28. The van der Waals surface area contributed by atoms with Gasteiger partial charge in [0.05, 0.1) is 11.1 Å². The van der Waals surface area contributed by atoms with Gasteiger partial charge in [-0.2, -0.15) is 0 Å². The molecule has 0 spiro atoms. The van der Waals surface area contributed by atoms with Crippen molar-refractivity contribution >= 4 is 30.1 Å². The Kier molecular flexibility index (Phi) is 4.36. The quantitative estimate of drug-likeness (QED) is 0.776. The Morgan fingerprint density at radius 3 is 2.58 bits per heavy atom. The molecule has 0 saturated carbocycles. The van der Waals surface area contributed by atoms with E-state index < -0.39 is 0 Å². The third kappa shape index (κ3) is 2.41. The number of halogens is 1. The van der Waals surface area contributed by atoms with Gasteiger partial charge in [-0.1, -0.05) is 0 Å². The summed E-state index contributed by atoms with van der Waals surface area (Å²) in [5.74, 6) is -0.665. The largest absolute Gasteiger partial charge is 0.331 e. The van der Waals surface area contributed by atoms with Gasteiger partial charge in [-0.25, -0.2) is 0 Å². The average Bonchev–Trinajstić information content (AvgIpc) is 2.94. The number of nitrogens with one attached hydrogen (secondary N) is 1. The number of hydrogen-bond donors (Lipinski definition) is 1. The maximum Gasteiger partial charge on any atom is 0.261 e. The zero-order valence-corrected chi connectivity index (χ0v) is 14.3. The number of carbonyl (C=O) groups excluding carboxylic acids is 3. The van der Waals surface area contributed by atoms with Crippen molar-refractivity contribution in [3.05, 3.63) is 34.9 Å². The van der Waals surface area contributed by atoms with E-state index in [0.717, 1.165) is 37.3 Å². The molecule has 0 aliphatic carbocycles. The number of imide groups is 1. The van der Waals surface area contributed by atoms with Crippen LogP contribution in [0.4, 0.5) is 0 Å². The molecule has 128 valence electrons. The molecule has 2 unspecified atom stereocenters. The molecule has 2 saturated heterocycles. The van der Waals surface area contributed by atoms with Crippen molar-refractivity contribution in [2.24, 2.45) is 0 Å². The van der Waals surface area contributed by atoms with Gasteiger partial charge in [0.25, 0.3) is 17.7 Å². The molecular formula is C17H20ClN3O3. The molecule has 3 aliphatic rings. The van der Waals surface area contributed by atoms with E-state index in [-0.39, 0.29) is 42.2 Å². The molecule has 3 aliphatic heterocycles. The molecule has 2 atom stereocenters. The standard InChI is InChI=1S/C17H19N3O3.ClH/c1-19-16(22)13-5-2-10(8-14(13)17(19)23)15(21)20-11-3-4-12(20)9-18-7-6-11;/h2,5,8,11-12,18H,3-4,6-7,9H2,1H3;1H. The molecule has 1 N–H and O–H groups in total. The highest BCUT2D eigenvalue weighted by molar-refractivity contribution is 6.21. The number of amides is 3. The molecule has 0 aromatic heterocycles. The predicted molar refractivity (Wildman–Crippen MR) is 90.6 cm³/mol. The summed E-state index contributed by atoms with van der Waals surface area (Å²) in [4.78, 5) is 40.1. The number of benzene rings is 1. The van der Waals surface area contributed by atoms with Crippen LogP contribution >= 0.6 is 12.4 Å². The van der Waals surface area contributed by atoms with Crippen molar-refractivity contribution in [1.82, 2.24) is 15.1 Å². The number of fused-ring (bicyclic) bond motifs is 3. The predicted octanol–water partition coefficient (Wildman–Crippen LogP) is 1.30. The van der Waals surface area contributed by atoms with Crippen LogP contribution in [0.25, 0.3) is 0 Å². The Labute approximate surface area is 146 Å². The van der Waals surface area contributed by atoms with Crippen molar-refractivity contribution < 1.29 is 14.4 Å². The summed E-state index contributed by atoms with van der Waals surface area (Å²) in [7, 11) is 1.47. The molecular weight excluding hydrogens is 330 g/mol. The van der Waals surface area contributed by atoms with E-state index in [1.54, 1.807) is 18.2 Å². The number of nitrogens with zero attached hydrogens (tertiary/aromatic N) is 2. The second-order valence-electron chi connectivity index (χ2n) is 6.52. The molecule has 6 nitrogen and oxygen atoms in total. The first-order valence-corrected chi connectivity index (χ1v) is 8.07. The summed E-state index contributed by atoms with van der Waals surface area (Å²) in [6, 6.07) is 5.35. The number of hydrogen-bond acceptors (Lipinski definition) is 4. The molecule has 7 heteroatoms. The molecule has 1 aromatic rings. The van der Waals surface area contributed by atoms with Crippen LogP contribution in [-0.2, 0) is 0 Å². The van der Waals surface area contributed by atoms with E-state index in [1.165, 1.54) is 7.05 Å². The van der Waals surface area contributed by atoms with Gasteiger partial charge in [0.2, 0.25) is 0 Å². The minimum Gasteiger partial charge on any atom is -0.331 e. The van der Waals surface area contributed by atoms with Crippen LogP contribution in [0.1, 0.15) is 50.3 Å². The van der Waals surface area contributed by atoms with Gasteiger partial charge in [0.1, 0.15) is 0 Å². The second kappa shape index (κ2) is 6.18. The van der Waals surface area contributed by atoms with Gasteiger partial charge >= 0.3 is 0 Å². The topological polar surface area (TPSA) is 69.7 Å². The maximum atomic E-state index is 13.0. The lowest BCUT2D eigenvalue weighted by atomic mass is 10.0. The van der Waals surface area contributed by atoms with Crippen molar-refractivity contribution in [2.75, 3.05) is 20.1 Å². The molecule has 2 bridgehead atoms. The highest BCUT2D eigenvalue weighted by Crippen LogP contribution is 2.31. The van der Waals surface area contributed by atoms with Crippen molar-refractivity contribution in [3.8, 4) is 0 Å². The zero-order chi connectivity index (χ0) is 16.1. The molecule has 2 fully saturated rings. The average molecular weight is 350 g/mol. The van der Waals surface area contributed by atoms with Crippen LogP contribution in [0, 0.1) is 0 Å². The van der Waals surface area contributed by atoms with Crippen LogP contribution in [0.5, 0.6) is 0 Å². The first-order chi connectivity index (χ1) is 11.1. The van der Waals surface area contributed by atoms with Gasteiger partial charge in [0, 0.05) is 31.2 Å². The lowest BCUT2D eigenvalue weighted by Crippen LogP contribution is -2.42. The van der Waals surface area contributed by atoms with Crippen LogP contribution in [0.3, 0.4) is 0 Å². The summed E-state index contributed by atoms with van der Waals surface area (Å²) in [5, 5.41) is 3.38. The Balaban J connectivity index is 0.00000169. The van der Waals surface area contributed by atoms with Crippen molar-refractivity contribution in [2.45, 2.75) is 31.3 Å². The normalized spacial score (nSPS) is 25.4. The molecule has 24 heavy (non-hydrogen) atoms. The number of carbonyl (C=O) groups is 3. The molecule has 1 aromatic carbocycles. The van der Waals surface area contributed by atoms with E-state index >= 15 is 0 Å². The Bertz CT molecular complexity index is 707. The zero-order valence-electron chi connectivity index (χ0n) is 13.4. The van der Waals surface area contributed by atoms with Gasteiger partial charge in [-0.05, 0) is 44.0 Å². The van der Waals surface area contributed by atoms with E-state index in [2.05, 4.69) is 5.32 Å². The van der Waals surface area contributed by atoms with Crippen LogP contribution in [-0.4, -0.2) is 59.7 Å². The molecule has 0 radical (unpaired) electrons. The summed E-state index contributed by atoms with van der Waals surface area (Å²) >= 11 is 0. The second-order valence-corrected chi connectivity index (χ2v) is 6.52. The minimum atomic E-state index is -0.333. The smallest absolute Gasteiger partial charge is 0.261 e. The van der Waals surface area contributed by atoms with Gasteiger partial charge in [0.15, 0.2) is 0 Å². The Hall–Kier alpha value is -1.92. The highest BCUT2D eigenvalue weighted by atomic mass is 35.5. The lowest BCUT2D eigenvalue weighted by molar-refractivity contribution is 0.0676. The van der Waals surface area contributed by atoms with Crippen LogP contribution < -0.4 is 5.32 Å². The third-order valence-electron chi connectivity index (χ3n) is 5.23. The van der Waals surface area contributed by atoms with E-state index in [9.17, 15) is 14.4 Å². The number of rotatable bonds is 1. The summed E-state index contributed by atoms with van der Waals surface area (Å²) < 4.78 is 0. The van der Waals surface area contributed by atoms with Gasteiger partial charge < -0.3 is 10.2 Å². The summed E-state index contributed by atoms with van der Waals surface area (Å²) in [5.41, 5.74) is 1.22. The Morgan fingerprint density at radius 2 is 1.79 bits per heavy atom. The first-order valence-electron chi connectivity index (χ1n) is 8.07. The highest BCUT2D eigenvalue weighted by Gasteiger charge is 2.39. The fraction of sp³-hybridized carbons (Fsp3) is 0.471. The Morgan fingerprint density at radius 1 is 1.08 bits per heavy atom. The van der Waals surface area contributed by atoms with E-state index in [0.29, 0.717) is 16.7 Å². The molecule has 3 heterocycles. The maximum absolute atomic E-state index is 13.0. The summed E-state index contributed by atoms with van der Waals surface area (Å²) in [6.45, 7) is 1.76. The van der Waals surface area contributed by atoms with E-state index in [4.69, 9.17) is 0 Å². The van der Waals surface area contributed by atoms with Crippen LogP contribution in [0.2, 0.25) is 0 Å². The van der Waals surface area contributed by atoms with Gasteiger partial charge in [-0.15, -0.1) is 12.4 Å². The van der Waals surface area contributed by atoms with Gasteiger partial charge in [-0.3, -0.25) is 19.3 Å².